The molecule has 1 aliphatic rings. The normalized spacial score (nSPS) is 23.7. The van der Waals surface area contributed by atoms with Gasteiger partial charge in [0.1, 0.15) is 0 Å². The van der Waals surface area contributed by atoms with Crippen molar-refractivity contribution in [3.63, 3.8) is 0 Å². The van der Waals surface area contributed by atoms with Crippen molar-refractivity contribution in [2.75, 3.05) is 0 Å². The average Bonchev–Trinajstić information content (AvgIpc) is 2.45. The fourth-order valence-corrected chi connectivity index (χ4v) is 3.27. The van der Waals surface area contributed by atoms with Crippen LogP contribution in [0.25, 0.3) is 6.08 Å². The Kier molecular flexibility index (Phi) is 5.37. The maximum atomic E-state index is 12.2. The zero-order valence-electron chi connectivity index (χ0n) is 12.1. The molecule has 116 valence electrons. The van der Waals surface area contributed by atoms with Crippen LogP contribution in [0, 0.1) is 5.92 Å². The molecule has 0 spiro atoms. The molecular formula is C17H20ClF3. The highest BCUT2D eigenvalue weighted by molar-refractivity contribution is 6.32. The van der Waals surface area contributed by atoms with Crippen molar-refractivity contribution in [3.8, 4) is 0 Å². The van der Waals surface area contributed by atoms with Gasteiger partial charge in [-0.05, 0) is 60.8 Å². The fourth-order valence-electron chi connectivity index (χ4n) is 3.02. The van der Waals surface area contributed by atoms with Crippen LogP contribution < -0.4 is 0 Å². The Labute approximate surface area is 129 Å². The van der Waals surface area contributed by atoms with Crippen molar-refractivity contribution in [1.29, 1.82) is 0 Å². The smallest absolute Gasteiger partial charge is 0.167 e. The van der Waals surface area contributed by atoms with E-state index in [1.54, 1.807) is 6.07 Å². The van der Waals surface area contributed by atoms with Crippen LogP contribution in [0.2, 0.25) is 5.02 Å². The highest BCUT2D eigenvalue weighted by atomic mass is 35.5. The molecule has 0 aliphatic heterocycles. The number of allylic oxidation sites excluding steroid dienone is 1. The molecule has 4 heteroatoms. The van der Waals surface area contributed by atoms with Crippen LogP contribution in [0.4, 0.5) is 13.2 Å². The third-order valence-electron chi connectivity index (χ3n) is 4.37. The number of hydrogen-bond donors (Lipinski definition) is 0. The summed E-state index contributed by atoms with van der Waals surface area (Å²) in [4.78, 5) is 0. The predicted molar refractivity (Wildman–Crippen MR) is 81.5 cm³/mol. The number of halogens is 4. The SMILES string of the molecule is CCC1CCC(c2ccc(C=CC(F)(F)F)c(Cl)c2)CC1. The maximum Gasteiger partial charge on any atom is 0.409 e. The quantitative estimate of drug-likeness (QED) is 0.589. The van der Waals surface area contributed by atoms with Crippen LogP contribution in [0.1, 0.15) is 56.1 Å². The third-order valence-corrected chi connectivity index (χ3v) is 4.70. The summed E-state index contributed by atoms with van der Waals surface area (Å²) < 4.78 is 36.6. The summed E-state index contributed by atoms with van der Waals surface area (Å²) in [6.07, 6.45) is 2.93. The molecule has 1 aliphatic carbocycles. The standard InChI is InChI=1S/C17H20ClF3/c1-2-12-3-5-13(6-4-12)15-8-7-14(16(18)11-15)9-10-17(19,20)21/h7-13H,2-6H2,1H3. The van der Waals surface area contributed by atoms with E-state index < -0.39 is 6.18 Å². The molecule has 1 aromatic carbocycles. The molecule has 2 rings (SSSR count). The third kappa shape index (κ3) is 4.77. The minimum atomic E-state index is -4.31. The summed E-state index contributed by atoms with van der Waals surface area (Å²) >= 11 is 6.11. The lowest BCUT2D eigenvalue weighted by atomic mass is 9.78. The number of benzene rings is 1. The summed E-state index contributed by atoms with van der Waals surface area (Å²) in [5, 5.41) is 0.394. The van der Waals surface area contributed by atoms with Gasteiger partial charge in [-0.25, -0.2) is 0 Å². The molecule has 0 bridgehead atoms. The number of rotatable bonds is 3. The van der Waals surface area contributed by atoms with Crippen LogP contribution >= 0.6 is 11.6 Å². The van der Waals surface area contributed by atoms with Crippen molar-refractivity contribution in [2.45, 2.75) is 51.1 Å². The molecule has 1 aromatic rings. The molecule has 0 saturated heterocycles. The van der Waals surface area contributed by atoms with E-state index in [1.165, 1.54) is 19.3 Å². The van der Waals surface area contributed by atoms with Gasteiger partial charge in [0.2, 0.25) is 0 Å². The van der Waals surface area contributed by atoms with Gasteiger partial charge < -0.3 is 0 Å². The number of alkyl halides is 3. The van der Waals surface area contributed by atoms with Crippen LogP contribution in [0.15, 0.2) is 24.3 Å². The van der Waals surface area contributed by atoms with Crippen LogP contribution in [0.3, 0.4) is 0 Å². The van der Waals surface area contributed by atoms with E-state index in [2.05, 4.69) is 6.92 Å². The molecular weight excluding hydrogens is 297 g/mol. The summed E-state index contributed by atoms with van der Waals surface area (Å²) in [6.45, 7) is 2.23. The van der Waals surface area contributed by atoms with E-state index in [4.69, 9.17) is 11.6 Å². The molecule has 1 saturated carbocycles. The van der Waals surface area contributed by atoms with Crippen LogP contribution in [-0.4, -0.2) is 6.18 Å². The van der Waals surface area contributed by atoms with E-state index >= 15 is 0 Å². The molecule has 0 amide bonds. The van der Waals surface area contributed by atoms with Gasteiger partial charge in [0, 0.05) is 11.1 Å². The monoisotopic (exact) mass is 316 g/mol. The van der Waals surface area contributed by atoms with E-state index in [1.807, 2.05) is 12.1 Å². The Hall–Kier alpha value is -0.960. The van der Waals surface area contributed by atoms with Crippen molar-refractivity contribution in [3.05, 3.63) is 40.4 Å². The van der Waals surface area contributed by atoms with Crippen molar-refractivity contribution in [1.82, 2.24) is 0 Å². The highest BCUT2D eigenvalue weighted by Gasteiger charge is 2.23. The Bertz CT molecular complexity index is 497. The van der Waals surface area contributed by atoms with Gasteiger partial charge in [0.05, 0.1) is 0 Å². The molecule has 0 aromatic heterocycles. The molecule has 0 N–H and O–H groups in total. The Balaban J connectivity index is 2.07. The van der Waals surface area contributed by atoms with Gasteiger partial charge in [-0.3, -0.25) is 0 Å². The summed E-state index contributed by atoms with van der Waals surface area (Å²) in [7, 11) is 0. The van der Waals surface area contributed by atoms with Gasteiger partial charge in [-0.1, -0.05) is 37.1 Å². The van der Waals surface area contributed by atoms with Gasteiger partial charge in [0.15, 0.2) is 0 Å². The van der Waals surface area contributed by atoms with Gasteiger partial charge >= 0.3 is 6.18 Å². The van der Waals surface area contributed by atoms with Crippen LogP contribution in [-0.2, 0) is 0 Å². The topological polar surface area (TPSA) is 0 Å². The molecule has 21 heavy (non-hydrogen) atoms. The zero-order chi connectivity index (χ0) is 15.5. The molecule has 1 fully saturated rings. The molecule has 0 nitrogen and oxygen atoms in total. The first-order valence-electron chi connectivity index (χ1n) is 7.44. The second-order valence-electron chi connectivity index (χ2n) is 5.78. The Morgan fingerprint density at radius 2 is 1.86 bits per heavy atom. The molecule has 0 radical (unpaired) electrons. The first kappa shape index (κ1) is 16.4. The Morgan fingerprint density at radius 3 is 2.38 bits per heavy atom. The summed E-state index contributed by atoms with van der Waals surface area (Å²) in [5.74, 6) is 1.32. The first-order valence-corrected chi connectivity index (χ1v) is 7.82. The van der Waals surface area contributed by atoms with Crippen LogP contribution in [0.5, 0.6) is 0 Å². The lowest BCUT2D eigenvalue weighted by molar-refractivity contribution is -0.0790. The van der Waals surface area contributed by atoms with Gasteiger partial charge in [-0.15, -0.1) is 0 Å². The predicted octanol–water partition coefficient (Wildman–Crippen LogP) is 6.60. The molecule has 0 atom stereocenters. The maximum absolute atomic E-state index is 12.2. The second-order valence-corrected chi connectivity index (χ2v) is 6.19. The minimum Gasteiger partial charge on any atom is -0.167 e. The van der Waals surface area contributed by atoms with E-state index in [-0.39, 0.29) is 6.08 Å². The lowest BCUT2D eigenvalue weighted by Gasteiger charge is -2.28. The van der Waals surface area contributed by atoms with E-state index in [0.717, 1.165) is 30.4 Å². The average molecular weight is 317 g/mol. The Morgan fingerprint density at radius 1 is 1.19 bits per heavy atom. The largest absolute Gasteiger partial charge is 0.409 e. The van der Waals surface area contributed by atoms with E-state index in [9.17, 15) is 13.2 Å². The summed E-state index contributed by atoms with van der Waals surface area (Å²) in [6, 6.07) is 5.43. The van der Waals surface area contributed by atoms with Crippen molar-refractivity contribution in [2.24, 2.45) is 5.92 Å². The van der Waals surface area contributed by atoms with E-state index in [0.29, 0.717) is 16.5 Å². The van der Waals surface area contributed by atoms with Crippen molar-refractivity contribution >= 4 is 17.7 Å². The van der Waals surface area contributed by atoms with Gasteiger partial charge in [-0.2, -0.15) is 13.2 Å². The highest BCUT2D eigenvalue weighted by Crippen LogP contribution is 2.38. The molecule has 0 heterocycles. The number of hydrogen-bond acceptors (Lipinski definition) is 0. The second kappa shape index (κ2) is 6.87. The summed E-state index contributed by atoms with van der Waals surface area (Å²) in [5.41, 5.74) is 1.57. The van der Waals surface area contributed by atoms with Gasteiger partial charge in [0.25, 0.3) is 0 Å². The minimum absolute atomic E-state index is 0.223. The zero-order valence-corrected chi connectivity index (χ0v) is 12.8. The fraction of sp³-hybridized carbons (Fsp3) is 0.529. The lowest BCUT2D eigenvalue weighted by Crippen LogP contribution is -2.12. The first-order chi connectivity index (χ1) is 9.89. The van der Waals surface area contributed by atoms with Crippen molar-refractivity contribution < 1.29 is 13.2 Å². The molecule has 0 unspecified atom stereocenters.